The number of carbonyl (C=O) groups is 1. The number of aromatic carboxylic acids is 1. The molecule has 1 aliphatic heterocycles. The fraction of sp³-hybridized carbons (Fsp3) is 0.227. The van der Waals surface area contributed by atoms with Gasteiger partial charge < -0.3 is 24.9 Å². The molecule has 1 aliphatic rings. The predicted molar refractivity (Wildman–Crippen MR) is 113 cm³/mol. The Bertz CT molecular complexity index is 1070. The molecule has 7 nitrogen and oxygen atoms in total. The first-order valence-electron chi connectivity index (χ1n) is 9.51. The fourth-order valence-electron chi connectivity index (χ4n) is 3.32. The van der Waals surface area contributed by atoms with Gasteiger partial charge in [0.2, 0.25) is 0 Å². The molecule has 4 rings (SSSR count). The van der Waals surface area contributed by atoms with Gasteiger partial charge >= 0.3 is 0 Å². The van der Waals surface area contributed by atoms with Crippen LogP contribution in [0.5, 0.6) is 0 Å². The first-order chi connectivity index (χ1) is 14.7. The Hall–Kier alpha value is -3.41. The molecule has 2 aromatic heterocycles. The highest BCUT2D eigenvalue weighted by Gasteiger charge is 2.20. The van der Waals surface area contributed by atoms with Crippen molar-refractivity contribution in [2.24, 2.45) is 0 Å². The van der Waals surface area contributed by atoms with Crippen molar-refractivity contribution in [3.05, 3.63) is 64.5 Å². The summed E-state index contributed by atoms with van der Waals surface area (Å²) in [5.41, 5.74) is 3.14. The molecule has 30 heavy (non-hydrogen) atoms. The zero-order chi connectivity index (χ0) is 20.9. The molecule has 0 atom stereocenters. The first kappa shape index (κ1) is 19.9. The number of benzene rings is 1. The normalized spacial score (nSPS) is 13.6. The van der Waals surface area contributed by atoms with Crippen molar-refractivity contribution in [2.45, 2.75) is 6.54 Å². The molecule has 8 heteroatoms. The zero-order valence-corrected chi connectivity index (χ0v) is 16.9. The lowest BCUT2D eigenvalue weighted by atomic mass is 10.1. The second kappa shape index (κ2) is 8.95. The summed E-state index contributed by atoms with van der Waals surface area (Å²) >= 11 is 1.59. The summed E-state index contributed by atoms with van der Waals surface area (Å²) < 4.78 is 5.46. The average molecular weight is 419 g/mol. The number of nitrogens with zero attached hydrogens (tertiary/aromatic N) is 3. The van der Waals surface area contributed by atoms with Crippen LogP contribution >= 0.6 is 11.3 Å². The van der Waals surface area contributed by atoms with Gasteiger partial charge in [0.1, 0.15) is 17.5 Å². The van der Waals surface area contributed by atoms with Gasteiger partial charge in [0.15, 0.2) is 0 Å². The van der Waals surface area contributed by atoms with Crippen LogP contribution in [0, 0.1) is 11.3 Å². The number of hydrogen-bond donors (Lipinski definition) is 1. The molecule has 1 fully saturated rings. The monoisotopic (exact) mass is 419 g/mol. The van der Waals surface area contributed by atoms with Crippen molar-refractivity contribution in [1.82, 2.24) is 4.98 Å². The fourth-order valence-corrected chi connectivity index (χ4v) is 4.00. The highest BCUT2D eigenvalue weighted by atomic mass is 32.1. The summed E-state index contributed by atoms with van der Waals surface area (Å²) in [5.74, 6) is -0.699. The summed E-state index contributed by atoms with van der Waals surface area (Å²) in [7, 11) is 0. The summed E-state index contributed by atoms with van der Waals surface area (Å²) in [6, 6.07) is 14.7. The Morgan fingerprint density at radius 1 is 1.27 bits per heavy atom. The zero-order valence-electron chi connectivity index (χ0n) is 16.1. The van der Waals surface area contributed by atoms with Crippen LogP contribution in [0.15, 0.2) is 47.8 Å². The van der Waals surface area contributed by atoms with E-state index in [1.807, 2.05) is 23.6 Å². The van der Waals surface area contributed by atoms with Crippen molar-refractivity contribution >= 4 is 28.8 Å². The summed E-state index contributed by atoms with van der Waals surface area (Å²) in [6.45, 7) is 3.08. The van der Waals surface area contributed by atoms with E-state index in [0.29, 0.717) is 44.2 Å². The second-order valence-electron chi connectivity index (χ2n) is 6.78. The predicted octanol–water partition coefficient (Wildman–Crippen LogP) is 2.49. The minimum atomic E-state index is -1.21. The highest BCUT2D eigenvalue weighted by Crippen LogP contribution is 2.33. The SMILES string of the molecule is N#Cc1c(N2CCOCC2)cc(-c2cccs2)nc1NCc1ccc(C(=O)[O-])cc1. The first-order valence-corrected chi connectivity index (χ1v) is 10.4. The van der Waals surface area contributed by atoms with E-state index in [-0.39, 0.29) is 5.56 Å². The number of carboxylic acids is 1. The van der Waals surface area contributed by atoms with Gasteiger partial charge in [-0.25, -0.2) is 4.98 Å². The van der Waals surface area contributed by atoms with Crippen LogP contribution < -0.4 is 15.3 Å². The van der Waals surface area contributed by atoms with Gasteiger partial charge in [0.05, 0.1) is 35.4 Å². The topological polar surface area (TPSA) is 101 Å². The standard InChI is InChI=1S/C22H20N4O3S/c23-13-17-19(26-7-9-29-10-8-26)12-18(20-2-1-11-30-20)25-21(17)24-14-15-3-5-16(6-4-15)22(27)28/h1-6,11-12H,7-10,14H2,(H,24,25)(H,27,28)/p-1. The van der Waals surface area contributed by atoms with E-state index >= 15 is 0 Å². The largest absolute Gasteiger partial charge is 0.545 e. The van der Waals surface area contributed by atoms with Crippen LogP contribution in [0.3, 0.4) is 0 Å². The van der Waals surface area contributed by atoms with Crippen LogP contribution in [0.4, 0.5) is 11.5 Å². The molecule has 0 bridgehead atoms. The number of nitriles is 1. The highest BCUT2D eigenvalue weighted by molar-refractivity contribution is 7.13. The Kier molecular flexibility index (Phi) is 5.93. The molecule has 0 amide bonds. The van der Waals surface area contributed by atoms with Crippen molar-refractivity contribution in [3.63, 3.8) is 0 Å². The molecule has 3 heterocycles. The van der Waals surface area contributed by atoms with Crippen molar-refractivity contribution < 1.29 is 14.6 Å². The number of carbonyl (C=O) groups excluding carboxylic acids is 1. The molecule has 0 aliphatic carbocycles. The quantitative estimate of drug-likeness (QED) is 0.655. The van der Waals surface area contributed by atoms with Gasteiger partial charge in [0.25, 0.3) is 0 Å². The van der Waals surface area contributed by atoms with Gasteiger partial charge in [-0.1, -0.05) is 30.3 Å². The lowest BCUT2D eigenvalue weighted by molar-refractivity contribution is -0.255. The molecular formula is C22H19N4O3S-. The van der Waals surface area contributed by atoms with E-state index in [4.69, 9.17) is 9.72 Å². The van der Waals surface area contributed by atoms with Crippen LogP contribution in [-0.4, -0.2) is 37.3 Å². The molecule has 1 N–H and O–H groups in total. The van der Waals surface area contributed by atoms with E-state index in [0.717, 1.165) is 21.8 Å². The lowest BCUT2D eigenvalue weighted by Crippen LogP contribution is -2.36. The van der Waals surface area contributed by atoms with Gasteiger partial charge in [0, 0.05) is 19.6 Å². The van der Waals surface area contributed by atoms with Crippen LogP contribution in [0.25, 0.3) is 10.6 Å². The maximum atomic E-state index is 10.9. The number of ether oxygens (including phenoxy) is 1. The van der Waals surface area contributed by atoms with E-state index in [9.17, 15) is 15.2 Å². The van der Waals surface area contributed by atoms with Crippen LogP contribution in [-0.2, 0) is 11.3 Å². The molecule has 0 radical (unpaired) electrons. The molecule has 152 valence electrons. The maximum absolute atomic E-state index is 10.9. The Morgan fingerprint density at radius 2 is 2.03 bits per heavy atom. The molecule has 0 saturated carbocycles. The number of carboxylic acid groups (broad SMARTS) is 1. The van der Waals surface area contributed by atoms with Crippen molar-refractivity contribution in [1.29, 1.82) is 5.26 Å². The van der Waals surface area contributed by atoms with Crippen molar-refractivity contribution in [3.8, 4) is 16.6 Å². The summed E-state index contributed by atoms with van der Waals surface area (Å²) in [6.07, 6.45) is 0. The Morgan fingerprint density at radius 3 is 2.67 bits per heavy atom. The third kappa shape index (κ3) is 4.27. The van der Waals surface area contributed by atoms with Gasteiger partial charge in [-0.2, -0.15) is 5.26 Å². The smallest absolute Gasteiger partial charge is 0.147 e. The molecular weight excluding hydrogens is 400 g/mol. The minimum Gasteiger partial charge on any atom is -0.545 e. The number of thiophene rings is 1. The Balaban J connectivity index is 1.67. The molecule has 1 saturated heterocycles. The average Bonchev–Trinajstić information content (AvgIpc) is 3.33. The second-order valence-corrected chi connectivity index (χ2v) is 7.72. The molecule has 1 aromatic carbocycles. The molecule has 0 spiro atoms. The third-order valence-electron chi connectivity index (χ3n) is 4.89. The minimum absolute atomic E-state index is 0.129. The number of morpholine rings is 1. The van der Waals surface area contributed by atoms with Crippen LogP contribution in [0.2, 0.25) is 0 Å². The number of anilines is 2. The number of rotatable bonds is 6. The number of aromatic nitrogens is 1. The van der Waals surface area contributed by atoms with E-state index in [1.165, 1.54) is 12.1 Å². The summed E-state index contributed by atoms with van der Waals surface area (Å²) in [4.78, 5) is 18.8. The van der Waals surface area contributed by atoms with Gasteiger partial charge in [-0.3, -0.25) is 0 Å². The van der Waals surface area contributed by atoms with Gasteiger partial charge in [-0.05, 0) is 28.6 Å². The van der Waals surface area contributed by atoms with E-state index in [2.05, 4.69) is 16.3 Å². The third-order valence-corrected chi connectivity index (χ3v) is 5.78. The summed E-state index contributed by atoms with van der Waals surface area (Å²) in [5, 5.41) is 26.1. The van der Waals surface area contributed by atoms with Gasteiger partial charge in [-0.15, -0.1) is 11.3 Å². The van der Waals surface area contributed by atoms with E-state index in [1.54, 1.807) is 23.5 Å². The Labute approximate surface area is 178 Å². The van der Waals surface area contributed by atoms with Crippen LogP contribution in [0.1, 0.15) is 21.5 Å². The van der Waals surface area contributed by atoms with E-state index < -0.39 is 5.97 Å². The van der Waals surface area contributed by atoms with Crippen molar-refractivity contribution in [2.75, 3.05) is 36.5 Å². The lowest BCUT2D eigenvalue weighted by Gasteiger charge is -2.30. The number of pyridine rings is 1. The maximum Gasteiger partial charge on any atom is 0.147 e. The molecule has 3 aromatic rings. The molecule has 0 unspecified atom stereocenters. The number of nitrogens with one attached hydrogen (secondary N) is 1. The number of hydrogen-bond acceptors (Lipinski definition) is 8.